The van der Waals surface area contributed by atoms with E-state index in [2.05, 4.69) is 15.8 Å². The van der Waals surface area contributed by atoms with Crippen molar-refractivity contribution in [2.24, 2.45) is 5.92 Å². The Hall–Kier alpha value is -2.71. The van der Waals surface area contributed by atoms with Crippen LogP contribution in [0, 0.1) is 12.8 Å². The van der Waals surface area contributed by atoms with Crippen molar-refractivity contribution in [3.05, 3.63) is 41.7 Å². The first-order chi connectivity index (χ1) is 12.8. The predicted octanol–water partition coefficient (Wildman–Crippen LogP) is 4.36. The highest BCUT2D eigenvalue weighted by atomic mass is 19.4. The molecule has 146 valence electrons. The second-order valence-electron chi connectivity index (χ2n) is 6.61. The number of nitrogens with one attached hydrogen (secondary N) is 2. The molecular weight excluding hydrogens is 361 g/mol. The maximum atomic E-state index is 13.0. The highest BCUT2D eigenvalue weighted by molar-refractivity contribution is 5.88. The van der Waals surface area contributed by atoms with Gasteiger partial charge in [0, 0.05) is 31.4 Å². The Morgan fingerprint density at radius 1 is 1.30 bits per heavy atom. The summed E-state index contributed by atoms with van der Waals surface area (Å²) in [6, 6.07) is 6.84. The molecule has 1 aliphatic rings. The fraction of sp³-hybridized carbons (Fsp3) is 0.444. The SMILES string of the molecule is Cc1cc(NC(=O)N2CCC(CNc3ccccc3C(F)(F)F)CC2)no1. The molecule has 0 aliphatic carbocycles. The summed E-state index contributed by atoms with van der Waals surface area (Å²) in [7, 11) is 0. The molecule has 1 fully saturated rings. The Bertz CT molecular complexity index is 783. The van der Waals surface area contributed by atoms with Crippen LogP contribution in [0.25, 0.3) is 0 Å². The summed E-state index contributed by atoms with van der Waals surface area (Å²) < 4.78 is 44.0. The molecule has 2 aromatic rings. The first-order valence-corrected chi connectivity index (χ1v) is 8.72. The number of hydrogen-bond donors (Lipinski definition) is 2. The number of carbonyl (C=O) groups excluding carboxylic acids is 1. The fourth-order valence-corrected chi connectivity index (χ4v) is 3.09. The molecule has 0 atom stereocenters. The van der Waals surface area contributed by atoms with E-state index in [-0.39, 0.29) is 17.6 Å². The van der Waals surface area contributed by atoms with E-state index in [0.717, 1.165) is 6.07 Å². The van der Waals surface area contributed by atoms with Crippen LogP contribution in [0.4, 0.5) is 29.5 Å². The molecule has 6 nitrogen and oxygen atoms in total. The number of para-hydroxylation sites is 1. The van der Waals surface area contributed by atoms with Gasteiger partial charge in [-0.1, -0.05) is 17.3 Å². The Morgan fingerprint density at radius 3 is 2.63 bits per heavy atom. The number of rotatable bonds is 4. The topological polar surface area (TPSA) is 70.4 Å². The largest absolute Gasteiger partial charge is 0.418 e. The Kier molecular flexibility index (Phi) is 5.57. The lowest BCUT2D eigenvalue weighted by Crippen LogP contribution is -2.42. The van der Waals surface area contributed by atoms with Crippen LogP contribution < -0.4 is 10.6 Å². The average molecular weight is 382 g/mol. The molecule has 1 aromatic carbocycles. The van der Waals surface area contributed by atoms with Gasteiger partial charge >= 0.3 is 12.2 Å². The summed E-state index contributed by atoms with van der Waals surface area (Å²) in [5, 5.41) is 9.31. The third-order valence-corrected chi connectivity index (χ3v) is 4.58. The molecule has 9 heteroatoms. The van der Waals surface area contributed by atoms with Crippen molar-refractivity contribution in [1.82, 2.24) is 10.1 Å². The van der Waals surface area contributed by atoms with E-state index in [4.69, 9.17) is 4.52 Å². The van der Waals surface area contributed by atoms with E-state index in [0.29, 0.717) is 44.1 Å². The van der Waals surface area contributed by atoms with Crippen LogP contribution in [0.1, 0.15) is 24.2 Å². The lowest BCUT2D eigenvalue weighted by molar-refractivity contribution is -0.137. The van der Waals surface area contributed by atoms with E-state index in [1.165, 1.54) is 12.1 Å². The second-order valence-corrected chi connectivity index (χ2v) is 6.61. The minimum absolute atomic E-state index is 0.0894. The van der Waals surface area contributed by atoms with Gasteiger partial charge < -0.3 is 14.7 Å². The lowest BCUT2D eigenvalue weighted by atomic mass is 9.96. The van der Waals surface area contributed by atoms with Gasteiger partial charge in [0.05, 0.1) is 5.56 Å². The molecule has 0 unspecified atom stereocenters. The zero-order valence-corrected chi connectivity index (χ0v) is 14.8. The van der Waals surface area contributed by atoms with Gasteiger partial charge in [0.15, 0.2) is 5.82 Å². The van der Waals surface area contributed by atoms with E-state index in [1.807, 2.05) is 0 Å². The third kappa shape index (κ3) is 4.93. The summed E-state index contributed by atoms with van der Waals surface area (Å²) in [6.45, 7) is 3.25. The number of aromatic nitrogens is 1. The van der Waals surface area contributed by atoms with E-state index < -0.39 is 11.7 Å². The van der Waals surface area contributed by atoms with Crippen molar-refractivity contribution in [2.75, 3.05) is 30.3 Å². The molecule has 0 bridgehead atoms. The van der Waals surface area contributed by atoms with Crippen molar-refractivity contribution in [3.8, 4) is 0 Å². The standard InChI is InChI=1S/C18H21F3N4O2/c1-12-10-16(24-27-12)23-17(26)25-8-6-13(7-9-25)11-22-15-5-3-2-4-14(15)18(19,20)21/h2-5,10,13,22H,6-9,11H2,1H3,(H,23,24,26). The number of aryl methyl sites for hydroxylation is 1. The molecule has 0 spiro atoms. The molecule has 27 heavy (non-hydrogen) atoms. The Morgan fingerprint density at radius 2 is 2.00 bits per heavy atom. The summed E-state index contributed by atoms with van der Waals surface area (Å²) >= 11 is 0. The number of nitrogens with zero attached hydrogens (tertiary/aromatic N) is 2. The summed E-state index contributed by atoms with van der Waals surface area (Å²) in [5.41, 5.74) is -0.573. The van der Waals surface area contributed by atoms with Gasteiger partial charge in [-0.15, -0.1) is 0 Å². The molecular formula is C18H21F3N4O2. The third-order valence-electron chi connectivity index (χ3n) is 4.58. The molecule has 2 amide bonds. The van der Waals surface area contributed by atoms with Crippen LogP contribution in [0.15, 0.2) is 34.9 Å². The summed E-state index contributed by atoms with van der Waals surface area (Å²) in [5.74, 6) is 1.17. The highest BCUT2D eigenvalue weighted by Gasteiger charge is 2.33. The van der Waals surface area contributed by atoms with Gasteiger partial charge in [-0.2, -0.15) is 13.2 Å². The second kappa shape index (κ2) is 7.89. The van der Waals surface area contributed by atoms with E-state index in [1.54, 1.807) is 24.0 Å². The molecule has 1 saturated heterocycles. The molecule has 3 rings (SSSR count). The summed E-state index contributed by atoms with van der Waals surface area (Å²) in [6.07, 6.45) is -2.95. The van der Waals surface area contributed by atoms with E-state index >= 15 is 0 Å². The van der Waals surface area contributed by atoms with Crippen molar-refractivity contribution in [2.45, 2.75) is 25.9 Å². The van der Waals surface area contributed by atoms with Crippen molar-refractivity contribution in [1.29, 1.82) is 0 Å². The maximum Gasteiger partial charge on any atom is 0.418 e. The van der Waals surface area contributed by atoms with Crippen molar-refractivity contribution >= 4 is 17.5 Å². The Balaban J connectivity index is 1.48. The number of likely N-dealkylation sites (tertiary alicyclic amines) is 1. The van der Waals surface area contributed by atoms with Crippen LogP contribution in [0.5, 0.6) is 0 Å². The van der Waals surface area contributed by atoms with Gasteiger partial charge in [-0.05, 0) is 37.8 Å². The minimum Gasteiger partial charge on any atom is -0.384 e. The van der Waals surface area contributed by atoms with Crippen LogP contribution in [-0.4, -0.2) is 35.7 Å². The molecule has 1 aromatic heterocycles. The van der Waals surface area contributed by atoms with Crippen LogP contribution in [-0.2, 0) is 6.18 Å². The lowest BCUT2D eigenvalue weighted by Gasteiger charge is -2.32. The predicted molar refractivity (Wildman–Crippen MR) is 94.5 cm³/mol. The smallest absolute Gasteiger partial charge is 0.384 e. The van der Waals surface area contributed by atoms with E-state index in [9.17, 15) is 18.0 Å². The van der Waals surface area contributed by atoms with Gasteiger partial charge in [-0.3, -0.25) is 5.32 Å². The molecule has 2 heterocycles. The quantitative estimate of drug-likeness (QED) is 0.824. The Labute approximate surface area is 154 Å². The molecule has 0 radical (unpaired) electrons. The van der Waals surface area contributed by atoms with Crippen LogP contribution >= 0.6 is 0 Å². The average Bonchev–Trinajstić information content (AvgIpc) is 3.04. The highest BCUT2D eigenvalue weighted by Crippen LogP contribution is 2.34. The summed E-state index contributed by atoms with van der Waals surface area (Å²) in [4.78, 5) is 13.9. The number of benzene rings is 1. The van der Waals surface area contributed by atoms with Crippen LogP contribution in [0.2, 0.25) is 0 Å². The van der Waals surface area contributed by atoms with Crippen molar-refractivity contribution < 1.29 is 22.5 Å². The number of alkyl halides is 3. The number of urea groups is 1. The first-order valence-electron chi connectivity index (χ1n) is 8.72. The number of amides is 2. The number of anilines is 2. The number of carbonyl (C=O) groups is 1. The monoisotopic (exact) mass is 382 g/mol. The zero-order chi connectivity index (χ0) is 19.4. The molecule has 1 aliphatic heterocycles. The number of halogens is 3. The molecule has 0 saturated carbocycles. The van der Waals surface area contributed by atoms with Gasteiger partial charge in [-0.25, -0.2) is 4.79 Å². The minimum atomic E-state index is -4.38. The fourth-order valence-electron chi connectivity index (χ4n) is 3.09. The van der Waals surface area contributed by atoms with Gasteiger partial charge in [0.1, 0.15) is 5.76 Å². The number of piperidine rings is 1. The van der Waals surface area contributed by atoms with Crippen molar-refractivity contribution in [3.63, 3.8) is 0 Å². The van der Waals surface area contributed by atoms with Gasteiger partial charge in [0.25, 0.3) is 0 Å². The van der Waals surface area contributed by atoms with Crippen LogP contribution in [0.3, 0.4) is 0 Å². The zero-order valence-electron chi connectivity index (χ0n) is 14.8. The first kappa shape index (κ1) is 19.1. The maximum absolute atomic E-state index is 13.0. The number of hydrogen-bond acceptors (Lipinski definition) is 4. The normalized spacial score (nSPS) is 15.6. The van der Waals surface area contributed by atoms with Gasteiger partial charge in [0.2, 0.25) is 0 Å². The molecule has 2 N–H and O–H groups in total.